The highest BCUT2D eigenvalue weighted by Gasteiger charge is 2.08. The van der Waals surface area contributed by atoms with Crippen molar-refractivity contribution in [2.45, 2.75) is 6.92 Å². The van der Waals surface area contributed by atoms with Gasteiger partial charge in [0, 0.05) is 18.7 Å². The Balaban J connectivity index is 2.42. The zero-order chi connectivity index (χ0) is 12.8. The van der Waals surface area contributed by atoms with Crippen LogP contribution in [0.1, 0.15) is 17.3 Å². The lowest BCUT2D eigenvalue weighted by Gasteiger charge is -2.17. The number of hydrogen-bond acceptors (Lipinski definition) is 2. The van der Waals surface area contributed by atoms with E-state index >= 15 is 0 Å². The van der Waals surface area contributed by atoms with E-state index in [1.807, 2.05) is 14.1 Å². The molecule has 17 heavy (non-hydrogen) atoms. The molecule has 0 fully saturated rings. The monoisotopic (exact) mass is 238 g/mol. The van der Waals surface area contributed by atoms with E-state index in [0.717, 1.165) is 6.54 Å². The largest absolute Gasteiger partial charge is 0.352 e. The zero-order valence-electron chi connectivity index (χ0n) is 10.5. The first-order chi connectivity index (χ1) is 7.99. The predicted molar refractivity (Wildman–Crippen MR) is 66.5 cm³/mol. The maximum Gasteiger partial charge on any atom is 0.251 e. The topological polar surface area (TPSA) is 32.3 Å². The number of nitrogens with one attached hydrogen (secondary N) is 1. The normalized spacial score (nSPS) is 12.5. The number of nitrogens with zero attached hydrogens (tertiary/aromatic N) is 1. The predicted octanol–water partition coefficient (Wildman–Crippen LogP) is 1.75. The molecule has 4 heteroatoms. The molecule has 0 radical (unpaired) electrons. The number of halogens is 1. The summed E-state index contributed by atoms with van der Waals surface area (Å²) in [6.07, 6.45) is 0. The smallest absolute Gasteiger partial charge is 0.251 e. The van der Waals surface area contributed by atoms with Gasteiger partial charge in [-0.1, -0.05) is 6.92 Å². The maximum atomic E-state index is 12.7. The van der Waals surface area contributed by atoms with Crippen molar-refractivity contribution in [1.29, 1.82) is 0 Å². The van der Waals surface area contributed by atoms with Crippen molar-refractivity contribution < 1.29 is 9.18 Å². The fourth-order valence-electron chi connectivity index (χ4n) is 1.66. The summed E-state index contributed by atoms with van der Waals surface area (Å²) in [5.74, 6) is -0.104. The van der Waals surface area contributed by atoms with Crippen LogP contribution in [0.2, 0.25) is 0 Å². The van der Waals surface area contributed by atoms with Crippen molar-refractivity contribution in [2.24, 2.45) is 5.92 Å². The van der Waals surface area contributed by atoms with Gasteiger partial charge in [0.15, 0.2) is 0 Å². The minimum absolute atomic E-state index is 0.157. The van der Waals surface area contributed by atoms with E-state index in [1.165, 1.54) is 24.3 Å². The molecule has 1 unspecified atom stereocenters. The lowest BCUT2D eigenvalue weighted by Crippen LogP contribution is -2.32. The van der Waals surface area contributed by atoms with Crippen molar-refractivity contribution in [1.82, 2.24) is 10.2 Å². The molecule has 94 valence electrons. The minimum Gasteiger partial charge on any atom is -0.352 e. The SMILES string of the molecule is CC(CNC(=O)c1ccc(F)cc1)CN(C)C. The number of hydrogen-bond donors (Lipinski definition) is 1. The Morgan fingerprint density at radius 2 is 1.94 bits per heavy atom. The summed E-state index contributed by atoms with van der Waals surface area (Å²) in [5.41, 5.74) is 0.489. The third-order valence-corrected chi connectivity index (χ3v) is 2.39. The van der Waals surface area contributed by atoms with E-state index in [0.29, 0.717) is 18.0 Å². The molecule has 1 amide bonds. The Hall–Kier alpha value is -1.42. The molecule has 0 saturated heterocycles. The molecule has 1 rings (SSSR count). The molecule has 0 aromatic heterocycles. The first-order valence-corrected chi connectivity index (χ1v) is 5.67. The molecule has 0 saturated carbocycles. The average molecular weight is 238 g/mol. The second-order valence-electron chi connectivity index (χ2n) is 4.58. The van der Waals surface area contributed by atoms with Crippen LogP contribution < -0.4 is 5.32 Å². The van der Waals surface area contributed by atoms with Gasteiger partial charge in [0.25, 0.3) is 5.91 Å². The molecule has 1 N–H and O–H groups in total. The summed E-state index contributed by atoms with van der Waals surface area (Å²) in [7, 11) is 4.00. The van der Waals surface area contributed by atoms with Crippen molar-refractivity contribution in [2.75, 3.05) is 27.2 Å². The van der Waals surface area contributed by atoms with Crippen LogP contribution in [-0.2, 0) is 0 Å². The van der Waals surface area contributed by atoms with Crippen LogP contribution in [0, 0.1) is 11.7 Å². The molecule has 0 heterocycles. The third kappa shape index (κ3) is 4.95. The number of benzene rings is 1. The molecule has 0 spiro atoms. The van der Waals surface area contributed by atoms with Crippen LogP contribution in [0.5, 0.6) is 0 Å². The Kier molecular flexibility index (Phi) is 5.10. The van der Waals surface area contributed by atoms with E-state index in [9.17, 15) is 9.18 Å². The van der Waals surface area contributed by atoms with Crippen LogP contribution in [-0.4, -0.2) is 38.0 Å². The summed E-state index contributed by atoms with van der Waals surface area (Å²) >= 11 is 0. The van der Waals surface area contributed by atoms with Gasteiger partial charge in [-0.15, -0.1) is 0 Å². The zero-order valence-corrected chi connectivity index (χ0v) is 10.5. The Labute approximate surface area is 102 Å². The first kappa shape index (κ1) is 13.6. The lowest BCUT2D eigenvalue weighted by molar-refractivity contribution is 0.0946. The molecule has 1 atom stereocenters. The molecule has 0 aliphatic carbocycles. The van der Waals surface area contributed by atoms with Gasteiger partial charge in [0.1, 0.15) is 5.82 Å². The van der Waals surface area contributed by atoms with Gasteiger partial charge in [-0.25, -0.2) is 4.39 Å². The standard InChI is InChI=1S/C13H19FN2O/c1-10(9-16(2)3)8-15-13(17)11-4-6-12(14)7-5-11/h4-7,10H,8-9H2,1-3H3,(H,15,17). The van der Waals surface area contributed by atoms with Gasteiger partial charge in [-0.2, -0.15) is 0 Å². The quantitative estimate of drug-likeness (QED) is 0.847. The molecule has 0 aliphatic heterocycles. The fraction of sp³-hybridized carbons (Fsp3) is 0.462. The second-order valence-corrected chi connectivity index (χ2v) is 4.58. The Morgan fingerprint density at radius 3 is 2.47 bits per heavy atom. The summed E-state index contributed by atoms with van der Waals surface area (Å²) in [4.78, 5) is 13.8. The van der Waals surface area contributed by atoms with Crippen LogP contribution in [0.15, 0.2) is 24.3 Å². The van der Waals surface area contributed by atoms with Crippen molar-refractivity contribution in [3.8, 4) is 0 Å². The van der Waals surface area contributed by atoms with Crippen LogP contribution in [0.25, 0.3) is 0 Å². The van der Waals surface area contributed by atoms with E-state index in [-0.39, 0.29) is 11.7 Å². The number of rotatable bonds is 5. The third-order valence-electron chi connectivity index (χ3n) is 2.39. The van der Waals surface area contributed by atoms with E-state index < -0.39 is 0 Å². The van der Waals surface area contributed by atoms with Gasteiger partial charge in [-0.05, 0) is 44.3 Å². The summed E-state index contributed by atoms with van der Waals surface area (Å²) in [6, 6.07) is 5.55. The molecule has 1 aromatic rings. The lowest BCUT2D eigenvalue weighted by atomic mass is 10.1. The van der Waals surface area contributed by atoms with Gasteiger partial charge in [0.2, 0.25) is 0 Å². The molecule has 1 aromatic carbocycles. The van der Waals surface area contributed by atoms with E-state index in [4.69, 9.17) is 0 Å². The molecular weight excluding hydrogens is 219 g/mol. The molecule has 3 nitrogen and oxygen atoms in total. The van der Waals surface area contributed by atoms with Crippen LogP contribution in [0.3, 0.4) is 0 Å². The van der Waals surface area contributed by atoms with Crippen LogP contribution >= 0.6 is 0 Å². The molecule has 0 aliphatic rings. The van der Waals surface area contributed by atoms with Crippen LogP contribution in [0.4, 0.5) is 4.39 Å². The van der Waals surface area contributed by atoms with Gasteiger partial charge in [-0.3, -0.25) is 4.79 Å². The second kappa shape index (κ2) is 6.35. The molecule has 0 bridgehead atoms. The highest BCUT2D eigenvalue weighted by Crippen LogP contribution is 2.03. The van der Waals surface area contributed by atoms with Gasteiger partial charge in [0.05, 0.1) is 0 Å². The van der Waals surface area contributed by atoms with Crippen molar-refractivity contribution in [3.05, 3.63) is 35.6 Å². The van der Waals surface area contributed by atoms with E-state index in [2.05, 4.69) is 17.1 Å². The number of carbonyl (C=O) groups is 1. The Bertz CT molecular complexity index is 362. The average Bonchev–Trinajstić information content (AvgIpc) is 2.26. The summed E-state index contributed by atoms with van der Waals surface area (Å²) in [6.45, 7) is 3.61. The summed E-state index contributed by atoms with van der Waals surface area (Å²) in [5, 5.41) is 2.84. The van der Waals surface area contributed by atoms with Gasteiger partial charge >= 0.3 is 0 Å². The van der Waals surface area contributed by atoms with Crippen molar-refractivity contribution >= 4 is 5.91 Å². The minimum atomic E-state index is -0.331. The Morgan fingerprint density at radius 1 is 1.35 bits per heavy atom. The highest BCUT2D eigenvalue weighted by atomic mass is 19.1. The van der Waals surface area contributed by atoms with Gasteiger partial charge < -0.3 is 10.2 Å². The van der Waals surface area contributed by atoms with E-state index in [1.54, 1.807) is 0 Å². The maximum absolute atomic E-state index is 12.7. The first-order valence-electron chi connectivity index (χ1n) is 5.67. The highest BCUT2D eigenvalue weighted by molar-refractivity contribution is 5.94. The molecular formula is C13H19FN2O. The summed E-state index contributed by atoms with van der Waals surface area (Å²) < 4.78 is 12.7. The number of amides is 1. The van der Waals surface area contributed by atoms with Crippen molar-refractivity contribution in [3.63, 3.8) is 0 Å². The number of carbonyl (C=O) groups excluding carboxylic acids is 1. The fourth-order valence-corrected chi connectivity index (χ4v) is 1.66.